The third-order valence-corrected chi connectivity index (χ3v) is 14.6. The van der Waals surface area contributed by atoms with E-state index >= 15 is 0 Å². The summed E-state index contributed by atoms with van der Waals surface area (Å²) in [6, 6.07) is -0.620. The van der Waals surface area contributed by atoms with Crippen molar-refractivity contribution in [2.45, 2.75) is 239 Å². The van der Waals surface area contributed by atoms with Crippen molar-refractivity contribution in [1.82, 2.24) is 15.1 Å². The molecule has 24 heteroatoms. The van der Waals surface area contributed by atoms with Crippen LogP contribution >= 0.6 is 11.8 Å². The second-order valence-corrected chi connectivity index (χ2v) is 21.8. The van der Waals surface area contributed by atoms with Gasteiger partial charge in [0.2, 0.25) is 0 Å². The van der Waals surface area contributed by atoms with Crippen LogP contribution in [0.3, 0.4) is 0 Å². The molecule has 0 saturated carbocycles. The lowest BCUT2D eigenvalue weighted by molar-refractivity contribution is -0.304. The van der Waals surface area contributed by atoms with Gasteiger partial charge in [0.05, 0.1) is 56.7 Å². The van der Waals surface area contributed by atoms with Crippen molar-refractivity contribution in [1.29, 1.82) is 0 Å². The normalized spacial score (nSPS) is 31.9. The van der Waals surface area contributed by atoms with Crippen LogP contribution in [0.5, 0.6) is 0 Å². The van der Waals surface area contributed by atoms with E-state index in [0.717, 1.165) is 13.5 Å². The number of carbonyl (C=O) groups is 1. The van der Waals surface area contributed by atoms with Gasteiger partial charge in [-0.2, -0.15) is 18.6 Å². The predicted octanol–water partition coefficient (Wildman–Crippen LogP) is 9.60. The highest BCUT2D eigenvalue weighted by Crippen LogP contribution is 2.33. The average Bonchev–Trinajstić information content (AvgIpc) is 3.43. The fourth-order valence-electron chi connectivity index (χ4n) is 9.54. The molecule has 0 aliphatic carbocycles. The molecular formula is C57H112F5N5O13S. The largest absolute Gasteiger partial charge is 0.459 e. The van der Waals surface area contributed by atoms with E-state index in [2.05, 4.69) is 20.3 Å². The summed E-state index contributed by atoms with van der Waals surface area (Å²) < 4.78 is 89.9. The number of nitrogens with zero attached hydrogens (tertiary/aromatic N) is 3. The maximum atomic E-state index is 13.8. The highest BCUT2D eigenvalue weighted by molar-refractivity contribution is 8.00. The maximum Gasteiger partial charge on any atom is 0.309 e. The molecule has 8 N–H and O–H groups in total. The van der Waals surface area contributed by atoms with Crippen molar-refractivity contribution in [2.24, 2.45) is 34.6 Å². The summed E-state index contributed by atoms with van der Waals surface area (Å²) in [5, 5.41) is 55.0. The number of nitrogens with two attached hydrogens (primary N) is 1. The number of hydrogen-bond acceptors (Lipinski definition) is 19. The van der Waals surface area contributed by atoms with Gasteiger partial charge in [0.25, 0.3) is 5.76 Å². The number of thioether (sulfide) groups is 1. The van der Waals surface area contributed by atoms with Crippen LogP contribution in [0.25, 0.3) is 0 Å². The van der Waals surface area contributed by atoms with Gasteiger partial charge in [-0.25, -0.2) is 4.39 Å². The van der Waals surface area contributed by atoms with Gasteiger partial charge in [0, 0.05) is 69.8 Å². The van der Waals surface area contributed by atoms with E-state index in [-0.39, 0.29) is 42.1 Å². The minimum absolute atomic E-state index is 0.0149. The molecule has 0 bridgehead atoms. The molecule has 3 fully saturated rings. The first-order valence-electron chi connectivity index (χ1n) is 28.5. The molecule has 3 rings (SSSR count). The fraction of sp³-hybridized carbons (Fsp3) is 0.877. The van der Waals surface area contributed by atoms with E-state index in [4.69, 9.17) is 39.4 Å². The van der Waals surface area contributed by atoms with Crippen molar-refractivity contribution < 1.29 is 81.0 Å². The number of methoxy groups -OCH3 is 1. The van der Waals surface area contributed by atoms with Crippen molar-refractivity contribution in [2.75, 3.05) is 62.3 Å². The topological polar surface area (TPSA) is 248 Å². The molecule has 0 spiro atoms. The van der Waals surface area contributed by atoms with E-state index in [1.807, 2.05) is 76.3 Å². The Kier molecular flexibility index (Phi) is 50.9. The van der Waals surface area contributed by atoms with E-state index in [1.54, 1.807) is 57.1 Å². The number of rotatable bonds is 18. The van der Waals surface area contributed by atoms with Crippen LogP contribution < -0.4 is 11.1 Å². The zero-order valence-corrected chi connectivity index (χ0v) is 53.5. The number of aliphatic hydroxyl groups is 5. The molecule has 18 nitrogen and oxygen atoms in total. The van der Waals surface area contributed by atoms with Crippen molar-refractivity contribution in [3.63, 3.8) is 0 Å². The SMILES string of the molecule is C/C=C(\C=C/C(C)SC(F)F)C(OC)C(CF)N/C=C(\N)CCN(C)C1CC(C)OC(OF)C1.CC.CC.CC[C@H]1OC(=O)C(C)C[C@@H](O[C@H]2CC(C)[C@@H](O)C(C)O2)[C@H](C)CC(O)C[C@@H](C)CN(C)C(O)[C@]1(C)O.CF.CN=O.CO. The zero-order chi connectivity index (χ0) is 63.7. The van der Waals surface area contributed by atoms with E-state index in [0.29, 0.717) is 88.2 Å². The Morgan fingerprint density at radius 1 is 0.988 bits per heavy atom. The van der Waals surface area contributed by atoms with Crippen LogP contribution in [0.15, 0.2) is 40.9 Å². The smallest absolute Gasteiger partial charge is 0.309 e. The number of halogens is 5. The van der Waals surface area contributed by atoms with E-state index in [1.165, 1.54) is 21.1 Å². The van der Waals surface area contributed by atoms with Gasteiger partial charge >= 0.3 is 5.97 Å². The number of aliphatic hydroxyl groups excluding tert-OH is 4. The molecule has 11 unspecified atom stereocenters. The molecule has 0 aromatic rings. The first kappa shape index (κ1) is 84.9. The molecule has 484 valence electrons. The molecule has 0 aromatic heterocycles. The molecular weight excluding hydrogens is 1090 g/mol. The van der Waals surface area contributed by atoms with Gasteiger partial charge in [-0.15, -0.1) is 0 Å². The number of allylic oxidation sites excluding steroid dienone is 1. The van der Waals surface area contributed by atoms with Gasteiger partial charge in [0.15, 0.2) is 12.6 Å². The van der Waals surface area contributed by atoms with Crippen LogP contribution in [-0.2, 0) is 33.4 Å². The second kappa shape index (κ2) is 48.6. The number of cyclic esters (lactones) is 1. The number of esters is 1. The minimum atomic E-state index is -2.47. The number of carbonyl (C=O) groups excluding carboxylic acids is 1. The van der Waals surface area contributed by atoms with Gasteiger partial charge in [0.1, 0.15) is 30.7 Å². The number of likely N-dealkylation sites (N-methyl/N-ethyl adjacent to an activating group) is 1. The lowest BCUT2D eigenvalue weighted by Crippen LogP contribution is -2.58. The van der Waals surface area contributed by atoms with Gasteiger partial charge in [-0.3, -0.25) is 14.1 Å². The molecule has 3 aliphatic rings. The number of nitroso groups, excluding NO2 is 1. The quantitative estimate of drug-likeness (QED) is 0.0292. The van der Waals surface area contributed by atoms with Crippen LogP contribution in [0.1, 0.15) is 148 Å². The zero-order valence-electron chi connectivity index (χ0n) is 52.7. The monoisotopic (exact) mass is 1200 g/mol. The molecule has 81 heavy (non-hydrogen) atoms. The van der Waals surface area contributed by atoms with Gasteiger partial charge in [-0.05, 0) is 109 Å². The van der Waals surface area contributed by atoms with Crippen LogP contribution in [0.2, 0.25) is 0 Å². The van der Waals surface area contributed by atoms with Crippen molar-refractivity contribution >= 4 is 17.7 Å². The van der Waals surface area contributed by atoms with Crippen molar-refractivity contribution in [3.05, 3.63) is 40.6 Å². The van der Waals surface area contributed by atoms with Crippen LogP contribution in [0.4, 0.5) is 22.1 Å². The summed E-state index contributed by atoms with van der Waals surface area (Å²) in [6.45, 7) is 26.5. The molecule has 3 heterocycles. The molecule has 0 amide bonds. The molecule has 0 aromatic carbocycles. The Bertz CT molecular complexity index is 1640. The number of hydrogen-bond donors (Lipinski definition) is 7. The summed E-state index contributed by atoms with van der Waals surface area (Å²) in [5.41, 5.74) is 5.65. The summed E-state index contributed by atoms with van der Waals surface area (Å²) in [5.74, 6) is -3.47. The number of ether oxygens (including phenoxy) is 5. The Labute approximate surface area is 488 Å². The standard InChI is InChI=1S/C27H51NO8.C23H39F4N3O3S.2C2H6.CH3F.CH3NO.CH4O/c1-9-22-27(7,33)26(32)28(8)14-15(2)10-20(29)11-16(3)21(12-18(5)25(31)36-22)35-23-13-17(4)24(30)19(6)34-23;1-6-17(8-7-16(3)34-23(25)26)22(31-5)20(13-24)29-14-18(28)9-10-30(4)19-11-15(2)32-21(12-19)33-27;3*1-2;1-2-3;1-2/h15-24,26,29-30,32-33H,9-14H2,1-8H3;6-8,14-16,19-23,29H,9-13,28H2,1-5H3;2*1-2H3;1H3;1H3;2H,1H3/b;8-7-,17-6+,18-14-;;;;;/t15-,16-,17?,18?,19?,20?,21-,22-,23+,24-,26?,27-;;;;;;/m1....../s1. The fourth-order valence-corrected chi connectivity index (χ4v) is 10.0. The van der Waals surface area contributed by atoms with E-state index in [9.17, 15) is 47.3 Å². The van der Waals surface area contributed by atoms with Gasteiger partial charge < -0.3 is 65.2 Å². The van der Waals surface area contributed by atoms with Crippen LogP contribution in [0, 0.1) is 28.6 Å². The summed E-state index contributed by atoms with van der Waals surface area (Å²) in [7, 11) is 7.81. The average molecular weight is 1200 g/mol. The Hall–Kier alpha value is -2.59. The lowest BCUT2D eigenvalue weighted by atomic mass is 9.88. The van der Waals surface area contributed by atoms with Crippen LogP contribution in [-0.4, -0.2) is 194 Å². The first-order valence-corrected chi connectivity index (χ1v) is 29.4. The minimum Gasteiger partial charge on any atom is -0.459 e. The van der Waals surface area contributed by atoms with E-state index < -0.39 is 84.4 Å². The first-order chi connectivity index (χ1) is 38.2. The number of alkyl halides is 4. The van der Waals surface area contributed by atoms with Crippen molar-refractivity contribution in [3.8, 4) is 0 Å². The third kappa shape index (κ3) is 33.6. The molecule has 3 saturated heterocycles. The second-order valence-electron chi connectivity index (χ2n) is 20.4. The third-order valence-electron chi connectivity index (χ3n) is 13.8. The highest BCUT2D eigenvalue weighted by atomic mass is 32.2. The highest BCUT2D eigenvalue weighted by Gasteiger charge is 2.44. The molecule has 3 aliphatic heterocycles. The predicted molar refractivity (Wildman–Crippen MR) is 314 cm³/mol. The van der Waals surface area contributed by atoms with Gasteiger partial charge in [-0.1, -0.05) is 97.5 Å². The maximum absolute atomic E-state index is 13.8. The molecule has 18 atom stereocenters. The number of nitrogens with one attached hydrogen (secondary N) is 1. The summed E-state index contributed by atoms with van der Waals surface area (Å²) in [6.07, 6.45) is 4.46. The molecule has 0 radical (unpaired) electrons. The summed E-state index contributed by atoms with van der Waals surface area (Å²) in [4.78, 5) is 29.3. The lowest BCUT2D eigenvalue weighted by Gasteiger charge is -2.41. The Morgan fingerprint density at radius 2 is 1.57 bits per heavy atom. The summed E-state index contributed by atoms with van der Waals surface area (Å²) >= 11 is 0.533. The Balaban J connectivity index is -0.000000624. The Morgan fingerprint density at radius 3 is 2.06 bits per heavy atom.